The monoisotopic (exact) mass is 291 g/mol. The van der Waals surface area contributed by atoms with Crippen LogP contribution in [0.1, 0.15) is 18.2 Å². The van der Waals surface area contributed by atoms with Gasteiger partial charge >= 0.3 is 0 Å². The summed E-state index contributed by atoms with van der Waals surface area (Å²) in [7, 11) is 0. The highest BCUT2D eigenvalue weighted by Gasteiger charge is 2.02. The lowest BCUT2D eigenvalue weighted by Crippen LogP contribution is -2.19. The molecule has 0 spiro atoms. The fraction of sp³-hybridized carbons (Fsp3) is 0.286. The molecule has 100 valence electrons. The Labute approximate surface area is 122 Å². The second kappa shape index (κ2) is 6.12. The molecule has 5 heteroatoms. The molecule has 0 saturated heterocycles. The van der Waals surface area contributed by atoms with Crippen LogP contribution in [0.3, 0.4) is 0 Å². The Hall–Kier alpha value is -1.46. The van der Waals surface area contributed by atoms with E-state index in [0.29, 0.717) is 5.11 Å². The average molecular weight is 291 g/mol. The molecule has 0 unspecified atom stereocenters. The molecule has 3 nitrogen and oxygen atoms in total. The number of hydrogen-bond acceptors (Lipinski definition) is 2. The fourth-order valence-corrected chi connectivity index (χ4v) is 3.03. The largest absolute Gasteiger partial charge is 0.331 e. The Bertz CT molecular complexity index is 653. The summed E-state index contributed by atoms with van der Waals surface area (Å²) in [6, 6.07) is 8.05. The van der Waals surface area contributed by atoms with Gasteiger partial charge in [-0.2, -0.15) is 4.99 Å². The second-order valence-corrected chi connectivity index (χ2v) is 5.48. The maximum atomic E-state index is 5.31. The maximum Gasteiger partial charge on any atom is 0.199 e. The van der Waals surface area contributed by atoms with E-state index < -0.39 is 0 Å². The first kappa shape index (κ1) is 14.0. The van der Waals surface area contributed by atoms with E-state index in [-0.39, 0.29) is 0 Å². The van der Waals surface area contributed by atoms with Crippen molar-refractivity contribution in [3.63, 3.8) is 0 Å². The van der Waals surface area contributed by atoms with Gasteiger partial charge in [0.25, 0.3) is 0 Å². The Morgan fingerprint density at radius 2 is 2.11 bits per heavy atom. The van der Waals surface area contributed by atoms with Gasteiger partial charge in [-0.3, -0.25) is 0 Å². The highest BCUT2D eigenvalue weighted by Crippen LogP contribution is 2.13. The number of nitrogens with zero attached hydrogens (tertiary/aromatic N) is 2. The molecule has 1 N–H and O–H groups in total. The minimum atomic E-state index is 0.498. The number of hydrogen-bond donors (Lipinski definition) is 1. The van der Waals surface area contributed by atoms with E-state index in [2.05, 4.69) is 34.1 Å². The Morgan fingerprint density at radius 3 is 2.79 bits per heavy atom. The van der Waals surface area contributed by atoms with Crippen molar-refractivity contribution in [3.8, 4) is 0 Å². The van der Waals surface area contributed by atoms with Crippen LogP contribution in [0.4, 0.5) is 5.69 Å². The standard InChI is InChI=1S/C14H17N3S2/c1-4-17-11(3)9-19-14(17)16-13(18)15-12-8-6-5-7-10(12)2/h5-9H,4H2,1-3H3,(H,15,18)/b16-14+. The number of para-hydroxylation sites is 1. The Balaban J connectivity index is 2.24. The molecule has 0 aliphatic carbocycles. The van der Waals surface area contributed by atoms with Gasteiger partial charge in [0, 0.05) is 23.3 Å². The van der Waals surface area contributed by atoms with Gasteiger partial charge in [0.1, 0.15) is 0 Å². The molecule has 0 amide bonds. The number of aromatic nitrogens is 1. The summed E-state index contributed by atoms with van der Waals surface area (Å²) < 4.78 is 2.15. The van der Waals surface area contributed by atoms with Gasteiger partial charge < -0.3 is 9.88 Å². The summed E-state index contributed by atoms with van der Waals surface area (Å²) in [5, 5.41) is 5.77. The van der Waals surface area contributed by atoms with Gasteiger partial charge in [-0.1, -0.05) is 18.2 Å². The molecule has 2 aromatic rings. The molecule has 1 aromatic heterocycles. The topological polar surface area (TPSA) is 29.3 Å². The van der Waals surface area contributed by atoms with Gasteiger partial charge in [0.2, 0.25) is 0 Å². The van der Waals surface area contributed by atoms with Crippen molar-refractivity contribution in [2.75, 3.05) is 5.32 Å². The minimum absolute atomic E-state index is 0.498. The summed E-state index contributed by atoms with van der Waals surface area (Å²) in [4.78, 5) is 5.43. The normalized spacial score (nSPS) is 11.6. The Kier molecular flexibility index (Phi) is 4.50. The molecule has 2 rings (SSSR count). The van der Waals surface area contributed by atoms with Crippen LogP contribution >= 0.6 is 23.6 Å². The lowest BCUT2D eigenvalue weighted by Gasteiger charge is -2.07. The van der Waals surface area contributed by atoms with Crippen molar-refractivity contribution in [3.05, 3.63) is 45.7 Å². The lowest BCUT2D eigenvalue weighted by molar-refractivity contribution is 0.714. The van der Waals surface area contributed by atoms with Crippen molar-refractivity contribution in [2.24, 2.45) is 4.99 Å². The predicted octanol–water partition coefficient (Wildman–Crippen LogP) is 3.48. The predicted molar refractivity (Wildman–Crippen MR) is 85.7 cm³/mol. The smallest absolute Gasteiger partial charge is 0.199 e. The van der Waals surface area contributed by atoms with Crippen LogP contribution in [-0.4, -0.2) is 9.68 Å². The summed E-state index contributed by atoms with van der Waals surface area (Å²) in [5.74, 6) is 0. The molecule has 0 radical (unpaired) electrons. The molecular formula is C14H17N3S2. The molecule has 19 heavy (non-hydrogen) atoms. The quantitative estimate of drug-likeness (QED) is 0.858. The number of thiocarbonyl (C=S) groups is 1. The van der Waals surface area contributed by atoms with Crippen LogP contribution < -0.4 is 10.1 Å². The minimum Gasteiger partial charge on any atom is -0.331 e. The highest BCUT2D eigenvalue weighted by molar-refractivity contribution is 7.80. The number of benzene rings is 1. The van der Waals surface area contributed by atoms with Crippen molar-refractivity contribution >= 4 is 34.4 Å². The second-order valence-electron chi connectivity index (χ2n) is 4.26. The summed E-state index contributed by atoms with van der Waals surface area (Å²) in [6.07, 6.45) is 0. The first-order chi connectivity index (χ1) is 9.11. The number of anilines is 1. The van der Waals surface area contributed by atoms with E-state index in [9.17, 15) is 0 Å². The lowest BCUT2D eigenvalue weighted by atomic mass is 10.2. The molecule has 0 fully saturated rings. The van der Waals surface area contributed by atoms with Crippen LogP contribution in [0.15, 0.2) is 34.6 Å². The van der Waals surface area contributed by atoms with Gasteiger partial charge in [0.05, 0.1) is 0 Å². The average Bonchev–Trinajstić information content (AvgIpc) is 2.72. The molecule has 1 heterocycles. The zero-order chi connectivity index (χ0) is 13.8. The van der Waals surface area contributed by atoms with Crippen molar-refractivity contribution in [1.82, 2.24) is 4.57 Å². The molecule has 0 bridgehead atoms. The van der Waals surface area contributed by atoms with E-state index in [1.165, 1.54) is 5.69 Å². The maximum absolute atomic E-state index is 5.31. The summed E-state index contributed by atoms with van der Waals surface area (Å²) in [6.45, 7) is 7.14. The number of thiazole rings is 1. The third-order valence-electron chi connectivity index (χ3n) is 2.89. The first-order valence-electron chi connectivity index (χ1n) is 6.18. The van der Waals surface area contributed by atoms with Crippen molar-refractivity contribution in [1.29, 1.82) is 0 Å². The zero-order valence-corrected chi connectivity index (χ0v) is 12.9. The van der Waals surface area contributed by atoms with E-state index in [1.54, 1.807) is 11.3 Å². The van der Waals surface area contributed by atoms with E-state index >= 15 is 0 Å². The molecule has 1 aromatic carbocycles. The van der Waals surface area contributed by atoms with Gasteiger partial charge in [-0.05, 0) is 44.6 Å². The summed E-state index contributed by atoms with van der Waals surface area (Å²) >= 11 is 6.92. The van der Waals surface area contributed by atoms with E-state index in [0.717, 1.165) is 22.6 Å². The number of rotatable bonds is 2. The number of nitrogens with one attached hydrogen (secondary N) is 1. The molecule has 0 aliphatic heterocycles. The van der Waals surface area contributed by atoms with E-state index in [4.69, 9.17) is 12.2 Å². The van der Waals surface area contributed by atoms with E-state index in [1.807, 2.05) is 31.2 Å². The zero-order valence-electron chi connectivity index (χ0n) is 11.3. The molecule has 0 saturated carbocycles. The van der Waals surface area contributed by atoms with Gasteiger partial charge in [0.15, 0.2) is 9.91 Å². The Morgan fingerprint density at radius 1 is 1.37 bits per heavy atom. The fourth-order valence-electron chi connectivity index (χ4n) is 1.83. The van der Waals surface area contributed by atoms with Crippen LogP contribution in [-0.2, 0) is 6.54 Å². The van der Waals surface area contributed by atoms with Crippen LogP contribution in [0, 0.1) is 13.8 Å². The first-order valence-corrected chi connectivity index (χ1v) is 7.47. The van der Waals surface area contributed by atoms with Crippen molar-refractivity contribution in [2.45, 2.75) is 27.3 Å². The molecule has 0 atom stereocenters. The third kappa shape index (κ3) is 3.30. The van der Waals surface area contributed by atoms with Crippen LogP contribution in [0.25, 0.3) is 0 Å². The van der Waals surface area contributed by atoms with Crippen LogP contribution in [0.5, 0.6) is 0 Å². The van der Waals surface area contributed by atoms with Gasteiger partial charge in [-0.15, -0.1) is 11.3 Å². The molecule has 0 aliphatic rings. The third-order valence-corrected chi connectivity index (χ3v) is 4.07. The molecular weight excluding hydrogens is 274 g/mol. The summed E-state index contributed by atoms with van der Waals surface area (Å²) in [5.41, 5.74) is 3.38. The van der Waals surface area contributed by atoms with Crippen molar-refractivity contribution < 1.29 is 0 Å². The van der Waals surface area contributed by atoms with Crippen LogP contribution in [0.2, 0.25) is 0 Å². The van der Waals surface area contributed by atoms with Gasteiger partial charge in [-0.25, -0.2) is 0 Å². The highest BCUT2D eigenvalue weighted by atomic mass is 32.1. The SMILES string of the molecule is CCn1c(C)cs/c1=N/C(=S)Nc1ccccc1C. The number of aryl methyl sites for hydroxylation is 2.